The third-order valence-corrected chi connectivity index (χ3v) is 3.86. The number of hydrogen-bond acceptors (Lipinski definition) is 2. The Morgan fingerprint density at radius 2 is 2.28 bits per heavy atom. The van der Waals surface area contributed by atoms with E-state index in [9.17, 15) is 9.18 Å². The highest BCUT2D eigenvalue weighted by molar-refractivity contribution is 9.10. The Kier molecular flexibility index (Phi) is 3.73. The number of rotatable bonds is 4. The van der Waals surface area contributed by atoms with Gasteiger partial charge in [0.15, 0.2) is 0 Å². The van der Waals surface area contributed by atoms with Crippen LogP contribution in [0.25, 0.3) is 0 Å². The van der Waals surface area contributed by atoms with E-state index >= 15 is 0 Å². The Morgan fingerprint density at radius 1 is 1.61 bits per heavy atom. The largest absolute Gasteiger partial charge is 0.350 e. The van der Waals surface area contributed by atoms with E-state index in [0.717, 1.165) is 17.3 Å². The van der Waals surface area contributed by atoms with Gasteiger partial charge in [-0.1, -0.05) is 15.9 Å². The standard InChI is InChI=1S/C13H16BrFN2O/c1-13(16,9-2-3-9)12(18)17-7-8-6-10(14)4-5-11(8)15/h4-6,9H,2-3,7,16H2,1H3,(H,17,18). The molecule has 0 bridgehead atoms. The van der Waals surface area contributed by atoms with E-state index in [1.807, 2.05) is 0 Å². The lowest BCUT2D eigenvalue weighted by Crippen LogP contribution is -2.53. The van der Waals surface area contributed by atoms with Crippen molar-refractivity contribution in [1.29, 1.82) is 0 Å². The molecule has 18 heavy (non-hydrogen) atoms. The van der Waals surface area contributed by atoms with Gasteiger partial charge in [0, 0.05) is 16.6 Å². The number of amides is 1. The maximum atomic E-state index is 13.5. The second kappa shape index (κ2) is 4.97. The first-order valence-electron chi connectivity index (χ1n) is 5.92. The van der Waals surface area contributed by atoms with Crippen LogP contribution in [0.2, 0.25) is 0 Å². The van der Waals surface area contributed by atoms with Gasteiger partial charge in [-0.2, -0.15) is 0 Å². The van der Waals surface area contributed by atoms with Crippen molar-refractivity contribution in [3.63, 3.8) is 0 Å². The van der Waals surface area contributed by atoms with Crippen LogP contribution in [0.3, 0.4) is 0 Å². The van der Waals surface area contributed by atoms with Crippen LogP contribution in [0, 0.1) is 11.7 Å². The van der Waals surface area contributed by atoms with Gasteiger partial charge in [0.1, 0.15) is 5.82 Å². The SMILES string of the molecule is CC(N)(C(=O)NCc1cc(Br)ccc1F)C1CC1. The van der Waals surface area contributed by atoms with Crippen LogP contribution >= 0.6 is 15.9 Å². The first-order chi connectivity index (χ1) is 8.41. The summed E-state index contributed by atoms with van der Waals surface area (Å²) in [7, 11) is 0. The van der Waals surface area contributed by atoms with E-state index in [4.69, 9.17) is 5.73 Å². The second-order valence-electron chi connectivity index (χ2n) is 4.98. The van der Waals surface area contributed by atoms with E-state index in [1.54, 1.807) is 19.1 Å². The van der Waals surface area contributed by atoms with Crippen molar-refractivity contribution in [2.75, 3.05) is 0 Å². The third kappa shape index (κ3) is 2.90. The number of nitrogens with two attached hydrogens (primary N) is 1. The lowest BCUT2D eigenvalue weighted by Gasteiger charge is -2.23. The number of carbonyl (C=O) groups is 1. The van der Waals surface area contributed by atoms with Crippen LogP contribution in [0.4, 0.5) is 4.39 Å². The second-order valence-corrected chi connectivity index (χ2v) is 5.89. The van der Waals surface area contributed by atoms with Gasteiger partial charge < -0.3 is 11.1 Å². The minimum Gasteiger partial charge on any atom is -0.350 e. The van der Waals surface area contributed by atoms with Crippen LogP contribution in [0.5, 0.6) is 0 Å². The average molecular weight is 315 g/mol. The van der Waals surface area contributed by atoms with Crippen molar-refractivity contribution < 1.29 is 9.18 Å². The Hall–Kier alpha value is -0.940. The summed E-state index contributed by atoms with van der Waals surface area (Å²) in [6.07, 6.45) is 1.98. The summed E-state index contributed by atoms with van der Waals surface area (Å²) in [5.41, 5.74) is 5.59. The predicted octanol–water partition coefficient (Wildman–Crippen LogP) is 2.33. The molecule has 1 fully saturated rings. The molecular weight excluding hydrogens is 299 g/mol. The quantitative estimate of drug-likeness (QED) is 0.896. The summed E-state index contributed by atoms with van der Waals surface area (Å²) < 4.78 is 14.3. The van der Waals surface area contributed by atoms with E-state index in [1.165, 1.54) is 6.07 Å². The van der Waals surface area contributed by atoms with Crippen LogP contribution < -0.4 is 11.1 Å². The molecule has 0 radical (unpaired) electrons. The molecule has 0 saturated heterocycles. The Bertz CT molecular complexity index is 472. The smallest absolute Gasteiger partial charge is 0.240 e. The van der Waals surface area contributed by atoms with Crippen LogP contribution in [0.15, 0.2) is 22.7 Å². The highest BCUT2D eigenvalue weighted by Crippen LogP contribution is 2.38. The predicted molar refractivity (Wildman–Crippen MR) is 71.3 cm³/mol. The molecule has 1 aromatic rings. The van der Waals surface area contributed by atoms with Gasteiger partial charge in [0.05, 0.1) is 5.54 Å². The van der Waals surface area contributed by atoms with Crippen molar-refractivity contribution in [1.82, 2.24) is 5.32 Å². The van der Waals surface area contributed by atoms with E-state index in [0.29, 0.717) is 5.56 Å². The highest BCUT2D eigenvalue weighted by atomic mass is 79.9. The minimum absolute atomic E-state index is 0.156. The summed E-state index contributed by atoms with van der Waals surface area (Å²) >= 11 is 3.27. The maximum absolute atomic E-state index is 13.5. The summed E-state index contributed by atoms with van der Waals surface area (Å²) in [6, 6.07) is 4.65. The maximum Gasteiger partial charge on any atom is 0.240 e. The fourth-order valence-electron chi connectivity index (χ4n) is 1.91. The molecule has 1 aliphatic carbocycles. The van der Waals surface area contributed by atoms with Crippen molar-refractivity contribution in [2.45, 2.75) is 31.8 Å². The molecule has 0 spiro atoms. The van der Waals surface area contributed by atoms with Crippen molar-refractivity contribution >= 4 is 21.8 Å². The topological polar surface area (TPSA) is 55.1 Å². The van der Waals surface area contributed by atoms with Crippen LogP contribution in [-0.2, 0) is 11.3 Å². The van der Waals surface area contributed by atoms with Gasteiger partial charge in [0.2, 0.25) is 5.91 Å². The van der Waals surface area contributed by atoms with Crippen molar-refractivity contribution in [3.05, 3.63) is 34.1 Å². The number of carbonyl (C=O) groups excluding carboxylic acids is 1. The van der Waals surface area contributed by atoms with Crippen molar-refractivity contribution in [3.8, 4) is 0 Å². The summed E-state index contributed by atoms with van der Waals surface area (Å²) in [5.74, 6) is -0.294. The van der Waals surface area contributed by atoms with Gasteiger partial charge >= 0.3 is 0 Å². The molecule has 98 valence electrons. The van der Waals surface area contributed by atoms with Gasteiger partial charge in [-0.15, -0.1) is 0 Å². The molecule has 1 atom stereocenters. The van der Waals surface area contributed by atoms with Gasteiger partial charge in [-0.25, -0.2) is 4.39 Å². The number of nitrogens with one attached hydrogen (secondary N) is 1. The molecule has 5 heteroatoms. The number of hydrogen-bond donors (Lipinski definition) is 2. The molecule has 1 aliphatic rings. The van der Waals surface area contributed by atoms with E-state index in [-0.39, 0.29) is 24.2 Å². The molecule has 1 saturated carbocycles. The lowest BCUT2D eigenvalue weighted by atomic mass is 9.96. The number of benzene rings is 1. The zero-order valence-electron chi connectivity index (χ0n) is 10.2. The summed E-state index contributed by atoms with van der Waals surface area (Å²) in [6.45, 7) is 1.89. The molecule has 0 heterocycles. The van der Waals surface area contributed by atoms with Crippen LogP contribution in [0.1, 0.15) is 25.3 Å². The molecular formula is C13H16BrFN2O. The highest BCUT2D eigenvalue weighted by Gasteiger charge is 2.43. The van der Waals surface area contributed by atoms with Gasteiger partial charge in [0.25, 0.3) is 0 Å². The Morgan fingerprint density at radius 3 is 2.89 bits per heavy atom. The van der Waals surface area contributed by atoms with Gasteiger partial charge in [-0.3, -0.25) is 4.79 Å². The summed E-state index contributed by atoms with van der Waals surface area (Å²) in [4.78, 5) is 11.9. The minimum atomic E-state index is -0.845. The lowest BCUT2D eigenvalue weighted by molar-refractivity contribution is -0.126. The normalized spacial score (nSPS) is 18.2. The van der Waals surface area contributed by atoms with E-state index in [2.05, 4.69) is 21.2 Å². The summed E-state index contributed by atoms with van der Waals surface area (Å²) in [5, 5.41) is 2.70. The fourth-order valence-corrected chi connectivity index (χ4v) is 2.32. The molecule has 3 N–H and O–H groups in total. The fraction of sp³-hybridized carbons (Fsp3) is 0.462. The molecule has 1 amide bonds. The Balaban J connectivity index is 1.99. The molecule has 2 rings (SSSR count). The third-order valence-electron chi connectivity index (χ3n) is 3.36. The molecule has 0 aliphatic heterocycles. The molecule has 3 nitrogen and oxygen atoms in total. The Labute approximate surface area is 114 Å². The first kappa shape index (κ1) is 13.5. The molecule has 1 aromatic carbocycles. The monoisotopic (exact) mass is 314 g/mol. The first-order valence-corrected chi connectivity index (χ1v) is 6.71. The number of halogens is 2. The average Bonchev–Trinajstić information content (AvgIpc) is 3.14. The van der Waals surface area contributed by atoms with Gasteiger partial charge in [-0.05, 0) is 43.9 Å². The van der Waals surface area contributed by atoms with Crippen LogP contribution in [-0.4, -0.2) is 11.4 Å². The molecule has 0 aromatic heterocycles. The molecule has 1 unspecified atom stereocenters. The van der Waals surface area contributed by atoms with Crippen molar-refractivity contribution in [2.24, 2.45) is 11.7 Å². The van der Waals surface area contributed by atoms with E-state index < -0.39 is 5.54 Å². The zero-order valence-corrected chi connectivity index (χ0v) is 11.8. The zero-order chi connectivity index (χ0) is 13.3.